The molecule has 2 rings (SSSR count). The third-order valence-corrected chi connectivity index (χ3v) is 6.56. The molecule has 1 aromatic heterocycles. The number of nitrogens with one attached hydrogen (secondary N) is 1. The van der Waals surface area contributed by atoms with Crippen molar-refractivity contribution in [3.63, 3.8) is 0 Å². The molecule has 5 heteroatoms. The van der Waals surface area contributed by atoms with Crippen molar-refractivity contribution in [2.75, 3.05) is 6.54 Å². The van der Waals surface area contributed by atoms with Crippen LogP contribution in [0.4, 0.5) is 0 Å². The van der Waals surface area contributed by atoms with Crippen LogP contribution < -0.4 is 5.32 Å². The van der Waals surface area contributed by atoms with Gasteiger partial charge in [0.25, 0.3) is 0 Å². The minimum atomic E-state index is 0.134. The highest BCUT2D eigenvalue weighted by Crippen LogP contribution is 2.38. The summed E-state index contributed by atoms with van der Waals surface area (Å²) in [7, 11) is 0. The highest BCUT2D eigenvalue weighted by Gasteiger charge is 2.20. The number of hydrogen-bond donors (Lipinski definition) is 1. The van der Waals surface area contributed by atoms with Crippen LogP contribution >= 0.6 is 54.8 Å². The van der Waals surface area contributed by atoms with Crippen molar-refractivity contribution in [3.05, 3.63) is 53.6 Å². The number of rotatable bonds is 5. The zero-order chi connectivity index (χ0) is 14.7. The van der Waals surface area contributed by atoms with Gasteiger partial charge in [-0.15, -0.1) is 11.3 Å². The van der Waals surface area contributed by atoms with E-state index < -0.39 is 0 Å². The van der Waals surface area contributed by atoms with Gasteiger partial charge in [-0.3, -0.25) is 0 Å². The molecule has 0 aliphatic carbocycles. The molecule has 0 radical (unpaired) electrons. The van der Waals surface area contributed by atoms with E-state index in [0.29, 0.717) is 0 Å². The molecule has 0 fully saturated rings. The molecular weight excluding hydrogens is 422 g/mol. The Kier molecular flexibility index (Phi) is 6.11. The first-order valence-corrected chi connectivity index (χ1v) is 9.25. The number of thiophene rings is 1. The molecule has 1 atom stereocenters. The third-order valence-electron chi connectivity index (χ3n) is 3.05. The lowest BCUT2D eigenvalue weighted by Crippen LogP contribution is -2.22. The van der Waals surface area contributed by atoms with Gasteiger partial charge >= 0.3 is 0 Å². The van der Waals surface area contributed by atoms with Gasteiger partial charge in [0.15, 0.2) is 0 Å². The summed E-state index contributed by atoms with van der Waals surface area (Å²) in [6.07, 6.45) is 1.09. The van der Waals surface area contributed by atoms with Crippen molar-refractivity contribution in [1.82, 2.24) is 5.32 Å². The summed E-state index contributed by atoms with van der Waals surface area (Å²) in [4.78, 5) is 1.28. The van der Waals surface area contributed by atoms with E-state index in [0.717, 1.165) is 28.0 Å². The SMILES string of the molecule is CCCNC(c1cc(C)c(Br)s1)c1cccc(Br)c1Cl. The predicted molar refractivity (Wildman–Crippen MR) is 96.0 cm³/mol. The van der Waals surface area contributed by atoms with Crippen molar-refractivity contribution in [2.24, 2.45) is 0 Å². The fourth-order valence-electron chi connectivity index (χ4n) is 2.02. The van der Waals surface area contributed by atoms with E-state index in [9.17, 15) is 0 Å². The number of halogens is 3. The summed E-state index contributed by atoms with van der Waals surface area (Å²) >= 11 is 15.3. The predicted octanol–water partition coefficient (Wildman–Crippen LogP) is 6.32. The second kappa shape index (κ2) is 7.41. The van der Waals surface area contributed by atoms with Crippen LogP contribution in [0.5, 0.6) is 0 Å². The molecule has 108 valence electrons. The molecule has 0 aliphatic rings. The van der Waals surface area contributed by atoms with Crippen LogP contribution in [0.15, 0.2) is 32.5 Å². The molecule has 0 aliphatic heterocycles. The third kappa shape index (κ3) is 3.66. The first kappa shape index (κ1) is 16.5. The van der Waals surface area contributed by atoms with Crippen molar-refractivity contribution in [1.29, 1.82) is 0 Å². The van der Waals surface area contributed by atoms with Crippen molar-refractivity contribution >= 4 is 54.8 Å². The van der Waals surface area contributed by atoms with E-state index in [4.69, 9.17) is 11.6 Å². The summed E-state index contributed by atoms with van der Waals surface area (Å²) in [6, 6.07) is 8.44. The Morgan fingerprint density at radius 3 is 2.70 bits per heavy atom. The first-order valence-electron chi connectivity index (χ1n) is 6.47. The fourth-order valence-corrected chi connectivity index (χ4v) is 4.30. The monoisotopic (exact) mass is 435 g/mol. The molecular formula is C15H16Br2ClNS. The largest absolute Gasteiger partial charge is 0.306 e. The molecule has 0 saturated carbocycles. The van der Waals surface area contributed by atoms with Crippen molar-refractivity contribution in [2.45, 2.75) is 26.3 Å². The smallest absolute Gasteiger partial charge is 0.0731 e. The zero-order valence-electron chi connectivity index (χ0n) is 11.3. The molecule has 0 amide bonds. The van der Waals surface area contributed by atoms with E-state index >= 15 is 0 Å². The van der Waals surface area contributed by atoms with E-state index in [1.807, 2.05) is 12.1 Å². The summed E-state index contributed by atoms with van der Waals surface area (Å²) < 4.78 is 2.12. The fraction of sp³-hybridized carbons (Fsp3) is 0.333. The first-order chi connectivity index (χ1) is 9.54. The van der Waals surface area contributed by atoms with Crippen LogP contribution in [-0.2, 0) is 0 Å². The second-order valence-electron chi connectivity index (χ2n) is 4.64. The van der Waals surface area contributed by atoms with Gasteiger partial charge in [0.2, 0.25) is 0 Å². The van der Waals surface area contributed by atoms with E-state index in [1.165, 1.54) is 14.2 Å². The normalized spacial score (nSPS) is 12.7. The minimum absolute atomic E-state index is 0.134. The maximum Gasteiger partial charge on any atom is 0.0731 e. The quantitative estimate of drug-likeness (QED) is 0.577. The summed E-state index contributed by atoms with van der Waals surface area (Å²) in [6.45, 7) is 5.24. The molecule has 20 heavy (non-hydrogen) atoms. The van der Waals surface area contributed by atoms with Crippen LogP contribution in [0.1, 0.15) is 35.4 Å². The maximum absolute atomic E-state index is 6.47. The Morgan fingerprint density at radius 2 is 2.10 bits per heavy atom. The molecule has 0 bridgehead atoms. The Morgan fingerprint density at radius 1 is 1.35 bits per heavy atom. The average Bonchev–Trinajstić information content (AvgIpc) is 2.74. The molecule has 0 saturated heterocycles. The molecule has 2 aromatic rings. The topological polar surface area (TPSA) is 12.0 Å². The highest BCUT2D eigenvalue weighted by molar-refractivity contribution is 9.11. The van der Waals surface area contributed by atoms with Gasteiger partial charge in [-0.25, -0.2) is 0 Å². The summed E-state index contributed by atoms with van der Waals surface area (Å²) in [5, 5.41) is 4.38. The Balaban J connectivity index is 2.44. The number of benzene rings is 1. The van der Waals surface area contributed by atoms with Crippen LogP contribution in [0.3, 0.4) is 0 Å². The standard InChI is InChI=1S/C15H16Br2ClNS/c1-3-7-19-14(12-8-9(2)15(17)20-12)10-5-4-6-11(16)13(10)18/h4-6,8,14,19H,3,7H2,1-2H3. The van der Waals surface area contributed by atoms with Gasteiger partial charge < -0.3 is 5.32 Å². The van der Waals surface area contributed by atoms with Crippen molar-refractivity contribution < 1.29 is 0 Å². The molecule has 1 heterocycles. The Bertz CT molecular complexity index is 578. The van der Waals surface area contributed by atoms with Crippen LogP contribution in [0.25, 0.3) is 0 Å². The lowest BCUT2D eigenvalue weighted by atomic mass is 10.0. The van der Waals surface area contributed by atoms with E-state index in [-0.39, 0.29) is 6.04 Å². The average molecular weight is 438 g/mol. The van der Waals surface area contributed by atoms with Gasteiger partial charge in [-0.05, 0) is 75.0 Å². The lowest BCUT2D eigenvalue weighted by molar-refractivity contribution is 0.605. The van der Waals surface area contributed by atoms with E-state index in [1.54, 1.807) is 11.3 Å². The van der Waals surface area contributed by atoms with Gasteiger partial charge in [-0.2, -0.15) is 0 Å². The molecule has 0 spiro atoms. The maximum atomic E-state index is 6.47. The number of hydrogen-bond acceptors (Lipinski definition) is 2. The highest BCUT2D eigenvalue weighted by atomic mass is 79.9. The van der Waals surface area contributed by atoms with E-state index in [2.05, 4.69) is 63.2 Å². The second-order valence-corrected chi connectivity index (χ2v) is 8.27. The summed E-state index contributed by atoms with van der Waals surface area (Å²) in [5.74, 6) is 0. The van der Waals surface area contributed by atoms with Crippen LogP contribution in [0, 0.1) is 6.92 Å². The van der Waals surface area contributed by atoms with Gasteiger partial charge in [0.05, 0.1) is 14.9 Å². The minimum Gasteiger partial charge on any atom is -0.306 e. The van der Waals surface area contributed by atoms with Crippen LogP contribution in [0.2, 0.25) is 5.02 Å². The van der Waals surface area contributed by atoms with Crippen molar-refractivity contribution in [3.8, 4) is 0 Å². The Labute approximate surface area is 146 Å². The van der Waals surface area contributed by atoms with Crippen LogP contribution in [-0.4, -0.2) is 6.54 Å². The Hall–Kier alpha value is 0.130. The van der Waals surface area contributed by atoms with Gasteiger partial charge in [0, 0.05) is 9.35 Å². The van der Waals surface area contributed by atoms with Gasteiger partial charge in [-0.1, -0.05) is 30.7 Å². The summed E-state index contributed by atoms with van der Waals surface area (Å²) in [5.41, 5.74) is 2.38. The zero-order valence-corrected chi connectivity index (χ0v) is 16.1. The molecule has 1 N–H and O–H groups in total. The van der Waals surface area contributed by atoms with Gasteiger partial charge in [0.1, 0.15) is 0 Å². The lowest BCUT2D eigenvalue weighted by Gasteiger charge is -2.19. The number of aryl methyl sites for hydroxylation is 1. The molecule has 1 aromatic carbocycles. The molecule has 1 nitrogen and oxygen atoms in total. The molecule has 1 unspecified atom stereocenters.